The second kappa shape index (κ2) is 2.90. The first-order valence-electron chi connectivity index (χ1n) is 4.07. The van der Waals surface area contributed by atoms with Crippen LogP contribution in [0.2, 0.25) is 0 Å². The molecule has 0 saturated carbocycles. The highest BCUT2D eigenvalue weighted by Crippen LogP contribution is 2.28. The Kier molecular flexibility index (Phi) is 1.89. The fourth-order valence-electron chi connectivity index (χ4n) is 1.34. The standard InChI is InChI=1S/C9H12N2S/c1-6-9(12)11-8-5-3-2-4-7(8)10-6/h2-6,9-12H,1H3. The molecule has 1 aromatic carbocycles. The topological polar surface area (TPSA) is 24.1 Å². The lowest BCUT2D eigenvalue weighted by Gasteiger charge is -2.30. The van der Waals surface area contributed by atoms with Crippen molar-refractivity contribution >= 4 is 24.0 Å². The van der Waals surface area contributed by atoms with E-state index in [1.807, 2.05) is 12.1 Å². The third kappa shape index (κ3) is 1.25. The van der Waals surface area contributed by atoms with Gasteiger partial charge in [0.05, 0.1) is 22.8 Å². The number of nitrogens with one attached hydrogen (secondary N) is 2. The van der Waals surface area contributed by atoms with E-state index in [0.717, 1.165) is 11.4 Å². The zero-order valence-electron chi connectivity index (χ0n) is 6.91. The minimum absolute atomic E-state index is 0.194. The molecule has 2 nitrogen and oxygen atoms in total. The van der Waals surface area contributed by atoms with E-state index in [1.54, 1.807) is 0 Å². The first-order valence-corrected chi connectivity index (χ1v) is 4.59. The molecule has 1 aromatic rings. The molecule has 64 valence electrons. The number of benzene rings is 1. The molecule has 12 heavy (non-hydrogen) atoms. The smallest absolute Gasteiger partial charge is 0.0894 e. The van der Waals surface area contributed by atoms with Gasteiger partial charge < -0.3 is 10.6 Å². The van der Waals surface area contributed by atoms with E-state index in [2.05, 4.69) is 42.3 Å². The van der Waals surface area contributed by atoms with Crippen LogP contribution in [0.4, 0.5) is 11.4 Å². The molecule has 0 saturated heterocycles. The molecule has 1 heterocycles. The second-order valence-electron chi connectivity index (χ2n) is 3.07. The van der Waals surface area contributed by atoms with Crippen molar-refractivity contribution in [1.29, 1.82) is 0 Å². The highest BCUT2D eigenvalue weighted by atomic mass is 32.1. The second-order valence-corrected chi connectivity index (χ2v) is 3.62. The van der Waals surface area contributed by atoms with Crippen LogP contribution in [0.1, 0.15) is 6.92 Å². The Morgan fingerprint density at radius 3 is 2.42 bits per heavy atom. The van der Waals surface area contributed by atoms with Crippen LogP contribution in [-0.4, -0.2) is 11.4 Å². The predicted octanol–water partition coefficient (Wildman–Crippen LogP) is 2.17. The molecule has 2 rings (SSSR count). The molecule has 1 aliphatic heterocycles. The molecule has 0 amide bonds. The number of hydrogen-bond acceptors (Lipinski definition) is 3. The molecule has 0 aliphatic carbocycles. The largest absolute Gasteiger partial charge is 0.378 e. The van der Waals surface area contributed by atoms with E-state index >= 15 is 0 Å². The highest BCUT2D eigenvalue weighted by Gasteiger charge is 2.19. The summed E-state index contributed by atoms with van der Waals surface area (Å²) >= 11 is 4.41. The van der Waals surface area contributed by atoms with E-state index in [0.29, 0.717) is 6.04 Å². The number of rotatable bonds is 0. The number of anilines is 2. The maximum Gasteiger partial charge on any atom is 0.0894 e. The van der Waals surface area contributed by atoms with Gasteiger partial charge in [-0.2, -0.15) is 12.6 Å². The van der Waals surface area contributed by atoms with Crippen molar-refractivity contribution in [3.8, 4) is 0 Å². The Bertz CT molecular complexity index is 259. The van der Waals surface area contributed by atoms with Crippen LogP contribution in [0.15, 0.2) is 24.3 Å². The van der Waals surface area contributed by atoms with E-state index < -0.39 is 0 Å². The SMILES string of the molecule is CC1Nc2ccccc2NC1S. The average Bonchev–Trinajstić information content (AvgIpc) is 2.07. The average molecular weight is 180 g/mol. The Balaban J connectivity index is 2.34. The molecule has 0 fully saturated rings. The molecule has 2 atom stereocenters. The van der Waals surface area contributed by atoms with Gasteiger partial charge in [-0.15, -0.1) is 0 Å². The molecule has 3 heteroatoms. The summed E-state index contributed by atoms with van der Waals surface area (Å²) in [5.74, 6) is 0. The van der Waals surface area contributed by atoms with Crippen LogP contribution < -0.4 is 10.6 Å². The van der Waals surface area contributed by atoms with E-state index in [4.69, 9.17) is 0 Å². The van der Waals surface area contributed by atoms with Crippen LogP contribution in [0.25, 0.3) is 0 Å². The zero-order valence-corrected chi connectivity index (χ0v) is 7.81. The summed E-state index contributed by atoms with van der Waals surface area (Å²) in [5.41, 5.74) is 2.30. The minimum Gasteiger partial charge on any atom is -0.378 e. The fourth-order valence-corrected chi connectivity index (χ4v) is 1.56. The van der Waals surface area contributed by atoms with Gasteiger partial charge in [0.2, 0.25) is 0 Å². The van der Waals surface area contributed by atoms with Gasteiger partial charge in [0, 0.05) is 0 Å². The van der Waals surface area contributed by atoms with Crippen molar-refractivity contribution in [2.24, 2.45) is 0 Å². The first-order chi connectivity index (χ1) is 5.77. The van der Waals surface area contributed by atoms with Gasteiger partial charge in [-0.05, 0) is 19.1 Å². The summed E-state index contributed by atoms with van der Waals surface area (Å²) in [6.45, 7) is 2.11. The molecule has 2 unspecified atom stereocenters. The number of para-hydroxylation sites is 2. The summed E-state index contributed by atoms with van der Waals surface area (Å²) in [6, 6.07) is 8.53. The molecule has 1 aliphatic rings. The van der Waals surface area contributed by atoms with Crippen molar-refractivity contribution in [2.45, 2.75) is 18.3 Å². The van der Waals surface area contributed by atoms with E-state index in [-0.39, 0.29) is 5.37 Å². The Hall–Kier alpha value is -0.830. The molecular weight excluding hydrogens is 168 g/mol. The Morgan fingerprint density at radius 2 is 1.75 bits per heavy atom. The Labute approximate surface area is 77.8 Å². The fraction of sp³-hybridized carbons (Fsp3) is 0.333. The maximum atomic E-state index is 4.41. The van der Waals surface area contributed by atoms with Crippen LogP contribution in [0.3, 0.4) is 0 Å². The lowest BCUT2D eigenvalue weighted by molar-refractivity contribution is 0.779. The molecule has 0 aromatic heterocycles. The predicted molar refractivity (Wildman–Crippen MR) is 55.9 cm³/mol. The van der Waals surface area contributed by atoms with Crippen LogP contribution >= 0.6 is 12.6 Å². The monoisotopic (exact) mass is 180 g/mol. The summed E-state index contributed by atoms with van der Waals surface area (Å²) in [4.78, 5) is 0. The van der Waals surface area contributed by atoms with Crippen molar-refractivity contribution < 1.29 is 0 Å². The third-order valence-electron chi connectivity index (χ3n) is 2.09. The van der Waals surface area contributed by atoms with Crippen molar-refractivity contribution in [2.75, 3.05) is 10.6 Å². The normalized spacial score (nSPS) is 26.8. The van der Waals surface area contributed by atoms with Gasteiger partial charge in [0.1, 0.15) is 0 Å². The Morgan fingerprint density at radius 1 is 1.17 bits per heavy atom. The van der Waals surface area contributed by atoms with Gasteiger partial charge in [-0.3, -0.25) is 0 Å². The van der Waals surface area contributed by atoms with Gasteiger partial charge in [0.25, 0.3) is 0 Å². The number of thiol groups is 1. The first kappa shape index (κ1) is 7.80. The quantitative estimate of drug-likeness (QED) is 0.533. The van der Waals surface area contributed by atoms with E-state index in [1.165, 1.54) is 0 Å². The lowest BCUT2D eigenvalue weighted by Crippen LogP contribution is -2.36. The summed E-state index contributed by atoms with van der Waals surface area (Å²) in [6.07, 6.45) is 0. The van der Waals surface area contributed by atoms with Gasteiger partial charge >= 0.3 is 0 Å². The maximum absolute atomic E-state index is 4.41. The third-order valence-corrected chi connectivity index (χ3v) is 2.66. The zero-order chi connectivity index (χ0) is 8.55. The van der Waals surface area contributed by atoms with Crippen LogP contribution in [-0.2, 0) is 0 Å². The molecule has 0 radical (unpaired) electrons. The number of fused-ring (bicyclic) bond motifs is 1. The van der Waals surface area contributed by atoms with Gasteiger partial charge in [-0.25, -0.2) is 0 Å². The van der Waals surface area contributed by atoms with Crippen molar-refractivity contribution in [3.63, 3.8) is 0 Å². The van der Waals surface area contributed by atoms with Crippen LogP contribution in [0.5, 0.6) is 0 Å². The lowest BCUT2D eigenvalue weighted by atomic mass is 10.2. The molecule has 2 N–H and O–H groups in total. The summed E-state index contributed by atoms with van der Waals surface area (Å²) in [7, 11) is 0. The minimum atomic E-state index is 0.194. The highest BCUT2D eigenvalue weighted by molar-refractivity contribution is 7.81. The summed E-state index contributed by atoms with van der Waals surface area (Å²) in [5, 5.41) is 6.88. The molecule has 0 spiro atoms. The number of hydrogen-bond donors (Lipinski definition) is 3. The van der Waals surface area contributed by atoms with Gasteiger partial charge in [0.15, 0.2) is 0 Å². The van der Waals surface area contributed by atoms with Gasteiger partial charge in [-0.1, -0.05) is 12.1 Å². The van der Waals surface area contributed by atoms with Crippen LogP contribution in [0, 0.1) is 0 Å². The molecular formula is C9H12N2S. The van der Waals surface area contributed by atoms with Crippen molar-refractivity contribution in [3.05, 3.63) is 24.3 Å². The van der Waals surface area contributed by atoms with E-state index in [9.17, 15) is 0 Å². The summed E-state index contributed by atoms with van der Waals surface area (Å²) < 4.78 is 0. The molecule has 0 bridgehead atoms. The van der Waals surface area contributed by atoms with Crippen molar-refractivity contribution in [1.82, 2.24) is 0 Å².